The molecule has 104 valence electrons. The number of fused-ring (bicyclic) bond motifs is 1. The summed E-state index contributed by atoms with van der Waals surface area (Å²) in [6, 6.07) is 12.6. The smallest absolute Gasteiger partial charge is 0.0554 e. The van der Waals surface area contributed by atoms with Gasteiger partial charge >= 0.3 is 0 Å². The van der Waals surface area contributed by atoms with Crippen LogP contribution in [-0.2, 0) is 12.8 Å². The molecule has 3 rings (SSSR count). The van der Waals surface area contributed by atoms with Gasteiger partial charge in [-0.25, -0.2) is 0 Å². The van der Waals surface area contributed by atoms with Gasteiger partial charge in [0.2, 0.25) is 0 Å². The van der Waals surface area contributed by atoms with Crippen LogP contribution in [0.15, 0.2) is 36.4 Å². The number of hydrogen-bond donors (Lipinski definition) is 1. The minimum atomic E-state index is -0.0699. The zero-order valence-electron chi connectivity index (χ0n) is 11.8. The Labute approximate surface area is 125 Å². The van der Waals surface area contributed by atoms with Gasteiger partial charge in [-0.2, -0.15) is 0 Å². The van der Waals surface area contributed by atoms with Crippen molar-refractivity contribution in [2.75, 3.05) is 0 Å². The summed E-state index contributed by atoms with van der Waals surface area (Å²) in [6.45, 7) is 2.07. The van der Waals surface area contributed by atoms with Gasteiger partial charge in [-0.15, -0.1) is 0 Å². The Morgan fingerprint density at radius 2 is 1.75 bits per heavy atom. The summed E-state index contributed by atoms with van der Waals surface area (Å²) in [6.07, 6.45) is 5.01. The molecule has 2 heteroatoms. The zero-order chi connectivity index (χ0) is 14.1. The maximum absolute atomic E-state index is 6.46. The van der Waals surface area contributed by atoms with E-state index in [0.717, 1.165) is 16.1 Å². The van der Waals surface area contributed by atoms with Crippen molar-refractivity contribution in [1.29, 1.82) is 0 Å². The summed E-state index contributed by atoms with van der Waals surface area (Å²) < 4.78 is 0. The summed E-state index contributed by atoms with van der Waals surface area (Å²) in [4.78, 5) is 0. The van der Waals surface area contributed by atoms with E-state index in [1.807, 2.05) is 18.2 Å². The molecule has 0 fully saturated rings. The highest BCUT2D eigenvalue weighted by Gasteiger charge is 2.15. The largest absolute Gasteiger partial charge is 0.320 e. The molecular weight excluding hydrogens is 266 g/mol. The van der Waals surface area contributed by atoms with Crippen LogP contribution in [0.3, 0.4) is 0 Å². The maximum atomic E-state index is 6.46. The minimum absolute atomic E-state index is 0.0699. The van der Waals surface area contributed by atoms with E-state index < -0.39 is 0 Å². The van der Waals surface area contributed by atoms with Gasteiger partial charge in [0.1, 0.15) is 0 Å². The molecule has 1 nitrogen and oxygen atoms in total. The Bertz CT molecular complexity index is 633. The van der Waals surface area contributed by atoms with Crippen LogP contribution in [0.4, 0.5) is 0 Å². The van der Waals surface area contributed by atoms with Crippen LogP contribution in [0.2, 0.25) is 5.02 Å². The molecule has 2 aromatic carbocycles. The third kappa shape index (κ3) is 2.61. The molecule has 1 atom stereocenters. The Kier molecular flexibility index (Phi) is 3.82. The third-order valence-corrected chi connectivity index (χ3v) is 4.53. The van der Waals surface area contributed by atoms with E-state index in [-0.39, 0.29) is 6.04 Å². The van der Waals surface area contributed by atoms with Gasteiger partial charge in [-0.05, 0) is 72.6 Å². The van der Waals surface area contributed by atoms with E-state index in [1.54, 1.807) is 0 Å². The first-order chi connectivity index (χ1) is 9.65. The standard InChI is InChI=1S/C18H20ClN/c1-12-10-16(19)8-9-17(12)18(20)15-7-6-13-4-2-3-5-14(13)11-15/h6-11,18H,2-5,20H2,1H3. The van der Waals surface area contributed by atoms with Crippen LogP contribution in [0.25, 0.3) is 0 Å². The number of nitrogens with two attached hydrogens (primary N) is 1. The quantitative estimate of drug-likeness (QED) is 0.859. The summed E-state index contributed by atoms with van der Waals surface area (Å²) in [5.41, 5.74) is 13.0. The summed E-state index contributed by atoms with van der Waals surface area (Å²) in [7, 11) is 0. The van der Waals surface area contributed by atoms with E-state index in [0.29, 0.717) is 0 Å². The molecule has 0 aromatic heterocycles. The van der Waals surface area contributed by atoms with Gasteiger partial charge in [-0.3, -0.25) is 0 Å². The lowest BCUT2D eigenvalue weighted by atomic mass is 9.87. The van der Waals surface area contributed by atoms with Crippen molar-refractivity contribution in [2.45, 2.75) is 38.6 Å². The van der Waals surface area contributed by atoms with Crippen LogP contribution < -0.4 is 5.73 Å². The lowest BCUT2D eigenvalue weighted by Crippen LogP contribution is -2.14. The normalized spacial score (nSPS) is 15.8. The van der Waals surface area contributed by atoms with E-state index in [9.17, 15) is 0 Å². The number of hydrogen-bond acceptors (Lipinski definition) is 1. The van der Waals surface area contributed by atoms with Crippen molar-refractivity contribution in [3.8, 4) is 0 Å². The lowest BCUT2D eigenvalue weighted by molar-refractivity contribution is 0.682. The second-order valence-electron chi connectivity index (χ2n) is 5.71. The second-order valence-corrected chi connectivity index (χ2v) is 6.15. The van der Waals surface area contributed by atoms with Crippen molar-refractivity contribution in [2.24, 2.45) is 5.73 Å². The average molecular weight is 286 g/mol. The number of benzene rings is 2. The molecule has 2 aromatic rings. The highest BCUT2D eigenvalue weighted by molar-refractivity contribution is 6.30. The second kappa shape index (κ2) is 5.59. The van der Waals surface area contributed by atoms with Crippen LogP contribution in [0.5, 0.6) is 0 Å². The molecule has 0 saturated heterocycles. The van der Waals surface area contributed by atoms with Crippen molar-refractivity contribution >= 4 is 11.6 Å². The van der Waals surface area contributed by atoms with E-state index in [2.05, 4.69) is 25.1 Å². The molecule has 1 unspecified atom stereocenters. The molecule has 0 amide bonds. The first kappa shape index (κ1) is 13.7. The van der Waals surface area contributed by atoms with E-state index >= 15 is 0 Å². The zero-order valence-corrected chi connectivity index (χ0v) is 12.6. The molecule has 0 aliphatic heterocycles. The highest BCUT2D eigenvalue weighted by Crippen LogP contribution is 2.29. The number of aryl methyl sites for hydroxylation is 3. The minimum Gasteiger partial charge on any atom is -0.320 e. The predicted octanol–water partition coefficient (Wildman–Crippen LogP) is 4.58. The van der Waals surface area contributed by atoms with Crippen molar-refractivity contribution in [3.63, 3.8) is 0 Å². The Balaban J connectivity index is 1.95. The molecule has 20 heavy (non-hydrogen) atoms. The predicted molar refractivity (Wildman–Crippen MR) is 85.3 cm³/mol. The Hall–Kier alpha value is -1.31. The number of halogens is 1. The van der Waals surface area contributed by atoms with Gasteiger partial charge in [0.05, 0.1) is 6.04 Å². The molecule has 0 radical (unpaired) electrons. The van der Waals surface area contributed by atoms with E-state index in [1.165, 1.54) is 42.4 Å². The fourth-order valence-electron chi connectivity index (χ4n) is 3.11. The highest BCUT2D eigenvalue weighted by atomic mass is 35.5. The Morgan fingerprint density at radius 3 is 2.50 bits per heavy atom. The van der Waals surface area contributed by atoms with Crippen LogP contribution in [-0.4, -0.2) is 0 Å². The van der Waals surface area contributed by atoms with Crippen LogP contribution in [0, 0.1) is 6.92 Å². The topological polar surface area (TPSA) is 26.0 Å². The molecule has 0 bridgehead atoms. The van der Waals surface area contributed by atoms with Crippen molar-refractivity contribution in [1.82, 2.24) is 0 Å². The lowest BCUT2D eigenvalue weighted by Gasteiger charge is -2.20. The molecule has 0 heterocycles. The molecule has 2 N–H and O–H groups in total. The van der Waals surface area contributed by atoms with Crippen LogP contribution >= 0.6 is 11.6 Å². The first-order valence-corrected chi connectivity index (χ1v) is 7.66. The first-order valence-electron chi connectivity index (χ1n) is 7.28. The van der Waals surface area contributed by atoms with Gasteiger partial charge < -0.3 is 5.73 Å². The molecular formula is C18H20ClN. The molecule has 1 aliphatic carbocycles. The maximum Gasteiger partial charge on any atom is 0.0554 e. The SMILES string of the molecule is Cc1cc(Cl)ccc1C(N)c1ccc2c(c1)CCCC2. The van der Waals surface area contributed by atoms with Gasteiger partial charge in [0, 0.05) is 5.02 Å². The fraction of sp³-hybridized carbons (Fsp3) is 0.333. The van der Waals surface area contributed by atoms with Gasteiger partial charge in [-0.1, -0.05) is 35.9 Å². The molecule has 1 aliphatic rings. The monoisotopic (exact) mass is 285 g/mol. The van der Waals surface area contributed by atoms with Gasteiger partial charge in [0.25, 0.3) is 0 Å². The van der Waals surface area contributed by atoms with Crippen molar-refractivity contribution in [3.05, 3.63) is 69.2 Å². The van der Waals surface area contributed by atoms with Gasteiger partial charge in [0.15, 0.2) is 0 Å². The van der Waals surface area contributed by atoms with Crippen molar-refractivity contribution < 1.29 is 0 Å². The molecule has 0 saturated carbocycles. The van der Waals surface area contributed by atoms with E-state index in [4.69, 9.17) is 17.3 Å². The molecule has 0 spiro atoms. The Morgan fingerprint density at radius 1 is 1.00 bits per heavy atom. The van der Waals surface area contributed by atoms with Crippen LogP contribution in [0.1, 0.15) is 46.7 Å². The fourth-order valence-corrected chi connectivity index (χ4v) is 3.34. The number of rotatable bonds is 2. The third-order valence-electron chi connectivity index (χ3n) is 4.30. The summed E-state index contributed by atoms with van der Waals surface area (Å²) >= 11 is 6.02. The summed E-state index contributed by atoms with van der Waals surface area (Å²) in [5.74, 6) is 0. The summed E-state index contributed by atoms with van der Waals surface area (Å²) in [5, 5.41) is 0.767. The average Bonchev–Trinajstić information content (AvgIpc) is 2.46.